The summed E-state index contributed by atoms with van der Waals surface area (Å²) in [7, 11) is 0. The van der Waals surface area contributed by atoms with E-state index in [2.05, 4.69) is 10.6 Å². The van der Waals surface area contributed by atoms with Gasteiger partial charge in [0.25, 0.3) is 0 Å². The summed E-state index contributed by atoms with van der Waals surface area (Å²) in [6, 6.07) is 15.7. The highest BCUT2D eigenvalue weighted by Gasteiger charge is 2.28. The van der Waals surface area contributed by atoms with Gasteiger partial charge in [-0.05, 0) is 42.8 Å². The number of carbonyl (C=O) groups excluding carboxylic acids is 1. The highest BCUT2D eigenvalue weighted by Crippen LogP contribution is 2.43. The molecular formula is C19H23N3O2S. The Bertz CT molecular complexity index is 706. The molecule has 0 spiro atoms. The molecule has 0 fully saturated rings. The summed E-state index contributed by atoms with van der Waals surface area (Å²) < 4.78 is 5.73. The number of hydrogen-bond donors (Lipinski definition) is 3. The number of nitrogens with one attached hydrogen (secondary N) is 2. The fourth-order valence-electron chi connectivity index (χ4n) is 2.62. The lowest BCUT2D eigenvalue weighted by Crippen LogP contribution is -2.24. The average Bonchev–Trinajstić information content (AvgIpc) is 2.64. The molecule has 0 saturated heterocycles. The van der Waals surface area contributed by atoms with Crippen LogP contribution >= 0.6 is 11.8 Å². The van der Waals surface area contributed by atoms with Crippen molar-refractivity contribution in [2.75, 3.05) is 31.6 Å². The molecule has 25 heavy (non-hydrogen) atoms. The molecule has 0 radical (unpaired) electrons. The van der Waals surface area contributed by atoms with Crippen molar-refractivity contribution >= 4 is 23.4 Å². The number of hydrogen-bond acceptors (Lipinski definition) is 5. The Morgan fingerprint density at radius 2 is 1.92 bits per heavy atom. The third kappa shape index (κ3) is 4.75. The van der Waals surface area contributed by atoms with Crippen LogP contribution in [-0.2, 0) is 4.79 Å². The van der Waals surface area contributed by atoms with Crippen LogP contribution in [0.5, 0.6) is 5.75 Å². The summed E-state index contributed by atoms with van der Waals surface area (Å²) in [6.45, 7) is 3.04. The minimum atomic E-state index is -0.232. The molecule has 0 bridgehead atoms. The van der Waals surface area contributed by atoms with Gasteiger partial charge in [0.1, 0.15) is 11.0 Å². The molecule has 132 valence electrons. The monoisotopic (exact) mass is 357 g/mol. The van der Waals surface area contributed by atoms with Crippen LogP contribution in [-0.4, -0.2) is 32.1 Å². The summed E-state index contributed by atoms with van der Waals surface area (Å²) in [5.41, 5.74) is 7.29. The fraction of sp³-hybridized carbons (Fsp3) is 0.316. The van der Waals surface area contributed by atoms with Crippen molar-refractivity contribution in [3.63, 3.8) is 0 Å². The lowest BCUT2D eigenvalue weighted by Gasteiger charge is -2.24. The number of rotatable bonds is 8. The van der Waals surface area contributed by atoms with E-state index in [1.807, 2.05) is 48.5 Å². The van der Waals surface area contributed by atoms with Crippen LogP contribution < -0.4 is 21.1 Å². The van der Waals surface area contributed by atoms with Crippen molar-refractivity contribution in [3.05, 3.63) is 54.1 Å². The Hall–Kier alpha value is -2.02. The maximum atomic E-state index is 12.4. The van der Waals surface area contributed by atoms with E-state index in [1.165, 1.54) is 0 Å². The van der Waals surface area contributed by atoms with Crippen molar-refractivity contribution in [3.8, 4) is 5.75 Å². The summed E-state index contributed by atoms with van der Waals surface area (Å²) >= 11 is 1.58. The van der Waals surface area contributed by atoms with E-state index in [0.29, 0.717) is 13.2 Å². The lowest BCUT2D eigenvalue weighted by molar-refractivity contribution is -0.115. The number of para-hydroxylation sites is 1. The maximum absolute atomic E-state index is 12.4. The Morgan fingerprint density at radius 3 is 2.72 bits per heavy atom. The number of nitrogens with two attached hydrogens (primary N) is 1. The standard InChI is InChI=1S/C19H23N3O2S/c20-10-12-21-11-3-13-24-15-8-6-14(7-9-15)18-19(23)22-16-4-1-2-5-17(16)25-18/h1-2,4-9,18,21H,3,10-13,20H2,(H,22,23). The van der Waals surface area contributed by atoms with Crippen LogP contribution in [0.15, 0.2) is 53.4 Å². The topological polar surface area (TPSA) is 76.4 Å². The molecule has 1 aliphatic heterocycles. The molecular weight excluding hydrogens is 334 g/mol. The van der Waals surface area contributed by atoms with Crippen LogP contribution in [0.3, 0.4) is 0 Å². The van der Waals surface area contributed by atoms with Crippen LogP contribution in [0.1, 0.15) is 17.2 Å². The van der Waals surface area contributed by atoms with Gasteiger partial charge in [-0.15, -0.1) is 11.8 Å². The smallest absolute Gasteiger partial charge is 0.242 e. The first-order valence-electron chi connectivity index (χ1n) is 8.48. The molecule has 1 amide bonds. The van der Waals surface area contributed by atoms with Gasteiger partial charge in [-0.3, -0.25) is 4.79 Å². The van der Waals surface area contributed by atoms with Crippen molar-refractivity contribution in [1.29, 1.82) is 0 Å². The van der Waals surface area contributed by atoms with Gasteiger partial charge in [0.15, 0.2) is 0 Å². The molecule has 0 aliphatic carbocycles. The number of fused-ring (bicyclic) bond motifs is 1. The molecule has 2 aromatic rings. The average molecular weight is 357 g/mol. The molecule has 1 heterocycles. The van der Waals surface area contributed by atoms with Crippen molar-refractivity contribution < 1.29 is 9.53 Å². The van der Waals surface area contributed by atoms with E-state index in [9.17, 15) is 4.79 Å². The quantitative estimate of drug-likeness (QED) is 0.634. The maximum Gasteiger partial charge on any atom is 0.242 e. The molecule has 2 aromatic carbocycles. The van der Waals surface area contributed by atoms with Crippen molar-refractivity contribution in [1.82, 2.24) is 5.32 Å². The number of anilines is 1. The van der Waals surface area contributed by atoms with Gasteiger partial charge >= 0.3 is 0 Å². The lowest BCUT2D eigenvalue weighted by atomic mass is 10.1. The van der Waals surface area contributed by atoms with Crippen LogP contribution in [0.25, 0.3) is 0 Å². The molecule has 1 unspecified atom stereocenters. The van der Waals surface area contributed by atoms with E-state index in [-0.39, 0.29) is 11.2 Å². The van der Waals surface area contributed by atoms with E-state index < -0.39 is 0 Å². The van der Waals surface area contributed by atoms with Crippen molar-refractivity contribution in [2.45, 2.75) is 16.6 Å². The Morgan fingerprint density at radius 1 is 1.12 bits per heavy atom. The van der Waals surface area contributed by atoms with Gasteiger partial charge < -0.3 is 21.1 Å². The summed E-state index contributed by atoms with van der Waals surface area (Å²) in [5, 5.41) is 5.98. The van der Waals surface area contributed by atoms with E-state index in [0.717, 1.165) is 41.4 Å². The number of amides is 1. The molecule has 3 rings (SSSR count). The number of ether oxygens (including phenoxy) is 1. The summed E-state index contributed by atoms with van der Waals surface area (Å²) in [6.07, 6.45) is 0.930. The van der Waals surface area contributed by atoms with Gasteiger partial charge in [0.05, 0.1) is 12.3 Å². The van der Waals surface area contributed by atoms with Gasteiger partial charge in [0.2, 0.25) is 5.91 Å². The molecule has 5 nitrogen and oxygen atoms in total. The van der Waals surface area contributed by atoms with Crippen molar-refractivity contribution in [2.24, 2.45) is 5.73 Å². The van der Waals surface area contributed by atoms with Gasteiger partial charge in [-0.1, -0.05) is 24.3 Å². The highest BCUT2D eigenvalue weighted by molar-refractivity contribution is 8.00. The zero-order valence-corrected chi connectivity index (χ0v) is 14.9. The van der Waals surface area contributed by atoms with E-state index in [4.69, 9.17) is 10.5 Å². The van der Waals surface area contributed by atoms with Crippen LogP contribution in [0.2, 0.25) is 0 Å². The minimum absolute atomic E-state index is 0.0170. The predicted octanol–water partition coefficient (Wildman–Crippen LogP) is 2.79. The predicted molar refractivity (Wildman–Crippen MR) is 102 cm³/mol. The second-order valence-corrected chi connectivity index (χ2v) is 6.94. The summed E-state index contributed by atoms with van der Waals surface area (Å²) in [4.78, 5) is 13.5. The molecule has 0 saturated carbocycles. The number of carbonyl (C=O) groups is 1. The number of benzene rings is 2. The van der Waals surface area contributed by atoms with E-state index >= 15 is 0 Å². The zero-order valence-electron chi connectivity index (χ0n) is 14.0. The second kappa shape index (κ2) is 8.89. The molecule has 4 N–H and O–H groups in total. The molecule has 1 atom stereocenters. The Balaban J connectivity index is 1.55. The minimum Gasteiger partial charge on any atom is -0.494 e. The Kier molecular flexibility index (Phi) is 6.33. The second-order valence-electron chi connectivity index (χ2n) is 5.79. The van der Waals surface area contributed by atoms with E-state index in [1.54, 1.807) is 11.8 Å². The number of thioether (sulfide) groups is 1. The third-order valence-electron chi connectivity index (χ3n) is 3.90. The first kappa shape index (κ1) is 17.8. The van der Waals surface area contributed by atoms with Gasteiger partial charge in [-0.2, -0.15) is 0 Å². The normalized spacial score (nSPS) is 16.2. The van der Waals surface area contributed by atoms with Gasteiger partial charge in [0, 0.05) is 18.0 Å². The van der Waals surface area contributed by atoms with Crippen LogP contribution in [0.4, 0.5) is 5.69 Å². The summed E-state index contributed by atoms with van der Waals surface area (Å²) in [5.74, 6) is 0.840. The molecule has 6 heteroatoms. The van der Waals surface area contributed by atoms with Crippen LogP contribution in [0, 0.1) is 0 Å². The molecule has 0 aromatic heterocycles. The third-order valence-corrected chi connectivity index (χ3v) is 5.23. The fourth-order valence-corrected chi connectivity index (χ4v) is 3.74. The van der Waals surface area contributed by atoms with Gasteiger partial charge in [-0.25, -0.2) is 0 Å². The first-order chi connectivity index (χ1) is 12.3. The molecule has 1 aliphatic rings. The Labute approximate surface area is 152 Å². The SMILES string of the molecule is NCCNCCCOc1ccc(C2Sc3ccccc3NC2=O)cc1. The largest absolute Gasteiger partial charge is 0.494 e. The first-order valence-corrected chi connectivity index (χ1v) is 9.36. The zero-order chi connectivity index (χ0) is 17.5. The highest BCUT2D eigenvalue weighted by atomic mass is 32.2.